The molecule has 0 heterocycles. The average molecular weight is 1110 g/mol. The SMILES string of the molecule is CCCCCCCCCCCCCCCCC(I)(I)C(=O)[O-].CCCCCCCCCCCCCCCCC(I)(I)C(=O)[O-].[Ca+2]. The number of carbonyl (C=O) groups excluding carboxylic acids is 2. The Morgan fingerprint density at radius 2 is 0.533 bits per heavy atom. The number of aliphatic carboxylic acids is 2. The quantitative estimate of drug-likeness (QED) is 0.0291. The predicted molar refractivity (Wildman–Crippen MR) is 227 cm³/mol. The molecular formula is C36H66CaI4O4. The Kier molecular flexibility index (Phi) is 44.7. The molecule has 0 saturated heterocycles. The second kappa shape index (κ2) is 38.4. The summed E-state index contributed by atoms with van der Waals surface area (Å²) in [7, 11) is 0. The van der Waals surface area contributed by atoms with E-state index in [-0.39, 0.29) is 37.7 Å². The molecule has 45 heavy (non-hydrogen) atoms. The summed E-state index contributed by atoms with van der Waals surface area (Å²) in [6.45, 7) is 4.53. The van der Waals surface area contributed by atoms with Crippen molar-refractivity contribution in [2.75, 3.05) is 0 Å². The van der Waals surface area contributed by atoms with E-state index in [0.717, 1.165) is 25.7 Å². The first-order chi connectivity index (χ1) is 21.0. The third kappa shape index (κ3) is 39.8. The Balaban J connectivity index is -0.000000767. The number of carboxylic acids is 2. The number of hydrogen-bond acceptors (Lipinski definition) is 4. The molecule has 0 unspecified atom stereocenters. The average Bonchev–Trinajstić information content (AvgIpc) is 2.97. The summed E-state index contributed by atoms with van der Waals surface area (Å²) in [5, 5.41) is 21.7. The van der Waals surface area contributed by atoms with E-state index in [1.54, 1.807) is 0 Å². The second-order valence-electron chi connectivity index (χ2n) is 12.7. The molecule has 0 aromatic carbocycles. The van der Waals surface area contributed by atoms with Crippen LogP contribution in [0.1, 0.15) is 206 Å². The van der Waals surface area contributed by atoms with Crippen molar-refractivity contribution in [3.05, 3.63) is 0 Å². The molecule has 0 radical (unpaired) electrons. The van der Waals surface area contributed by atoms with Gasteiger partial charge >= 0.3 is 37.7 Å². The van der Waals surface area contributed by atoms with Gasteiger partial charge in [0.15, 0.2) is 0 Å². The third-order valence-electron chi connectivity index (χ3n) is 8.29. The van der Waals surface area contributed by atoms with Gasteiger partial charge in [-0.05, 0) is 12.8 Å². The molecule has 0 aliphatic heterocycles. The Bertz CT molecular complexity index is 597. The summed E-state index contributed by atoms with van der Waals surface area (Å²) >= 11 is 7.95. The Morgan fingerprint density at radius 3 is 0.689 bits per heavy atom. The summed E-state index contributed by atoms with van der Waals surface area (Å²) in [5.74, 6) is -1.88. The molecule has 0 bridgehead atoms. The van der Waals surface area contributed by atoms with Gasteiger partial charge in [-0.1, -0.05) is 284 Å². The molecule has 0 aromatic heterocycles. The molecule has 0 spiro atoms. The fraction of sp³-hybridized carbons (Fsp3) is 0.944. The zero-order valence-corrected chi connectivity index (χ0v) is 39.9. The van der Waals surface area contributed by atoms with Crippen molar-refractivity contribution in [3.63, 3.8) is 0 Å². The predicted octanol–water partition coefficient (Wildman–Crippen LogP) is 12.0. The van der Waals surface area contributed by atoms with Crippen molar-refractivity contribution in [2.24, 2.45) is 0 Å². The zero-order chi connectivity index (χ0) is 33.4. The monoisotopic (exact) mass is 1110 g/mol. The van der Waals surface area contributed by atoms with Gasteiger partial charge in [-0.3, -0.25) is 0 Å². The molecule has 0 atom stereocenters. The molecule has 9 heteroatoms. The Hall–Kier alpha value is 3.12. The second-order valence-corrected chi connectivity index (χ2v) is 24.2. The molecule has 264 valence electrons. The van der Waals surface area contributed by atoms with Crippen LogP contribution in [-0.4, -0.2) is 52.5 Å². The van der Waals surface area contributed by atoms with E-state index in [1.165, 1.54) is 154 Å². The van der Waals surface area contributed by atoms with Gasteiger partial charge < -0.3 is 19.8 Å². The van der Waals surface area contributed by atoms with Crippen LogP contribution in [0, 0.1) is 0 Å². The van der Waals surface area contributed by atoms with Crippen LogP contribution in [-0.2, 0) is 9.59 Å². The van der Waals surface area contributed by atoms with Gasteiger partial charge in [-0.25, -0.2) is 0 Å². The molecule has 0 saturated carbocycles. The molecule has 0 aromatic rings. The molecule has 0 fully saturated rings. The number of hydrogen-bond donors (Lipinski definition) is 0. The first-order valence-electron chi connectivity index (χ1n) is 18.2. The third-order valence-corrected chi connectivity index (χ3v) is 12.2. The Labute approximate surface area is 364 Å². The van der Waals surface area contributed by atoms with Crippen LogP contribution in [0.15, 0.2) is 0 Å². The molecule has 0 amide bonds. The molecule has 4 nitrogen and oxygen atoms in total. The van der Waals surface area contributed by atoms with Gasteiger partial charge in [0.25, 0.3) is 0 Å². The number of halogens is 4. The van der Waals surface area contributed by atoms with Crippen molar-refractivity contribution in [1.29, 1.82) is 0 Å². The van der Waals surface area contributed by atoms with Crippen LogP contribution in [0.25, 0.3) is 0 Å². The normalized spacial score (nSPS) is 11.5. The maximum Gasteiger partial charge on any atom is 2.00 e. The van der Waals surface area contributed by atoms with E-state index in [2.05, 4.69) is 13.8 Å². The minimum absolute atomic E-state index is 0. The first kappa shape index (κ1) is 52.5. The van der Waals surface area contributed by atoms with Crippen molar-refractivity contribution in [1.82, 2.24) is 0 Å². The van der Waals surface area contributed by atoms with Crippen LogP contribution in [0.5, 0.6) is 0 Å². The van der Waals surface area contributed by atoms with Gasteiger partial charge in [0.2, 0.25) is 0 Å². The summed E-state index contributed by atoms with van der Waals surface area (Å²) in [6, 6.07) is 0. The minimum atomic E-state index is -0.941. The molecule has 0 rings (SSSR count). The van der Waals surface area contributed by atoms with Crippen LogP contribution < -0.4 is 10.2 Å². The number of rotatable bonds is 32. The van der Waals surface area contributed by atoms with E-state index in [1.807, 2.05) is 90.4 Å². The minimum Gasteiger partial charge on any atom is -0.548 e. The smallest absolute Gasteiger partial charge is 0.548 e. The standard InChI is InChI=1S/2C18H34I2O2.Ca/c2*1-2-3-4-5-6-7-8-9-10-11-12-13-14-15-16-18(19,20)17(21)22;/h2*2-16H2,1H3,(H,21,22);/q;;+2/p-2. The molecule has 0 N–H and O–H groups in total. The summed E-state index contributed by atoms with van der Waals surface area (Å²) in [4.78, 5) is 21.7. The van der Waals surface area contributed by atoms with E-state index in [9.17, 15) is 19.8 Å². The summed E-state index contributed by atoms with van der Waals surface area (Å²) in [6.07, 6.45) is 38.7. The largest absolute Gasteiger partial charge is 2.00 e. The van der Waals surface area contributed by atoms with Gasteiger partial charge in [0.1, 0.15) is 2.86 Å². The van der Waals surface area contributed by atoms with Crippen LogP contribution in [0.4, 0.5) is 0 Å². The van der Waals surface area contributed by atoms with Crippen LogP contribution >= 0.6 is 90.4 Å². The maximum atomic E-state index is 10.9. The number of alkyl halides is 4. The summed E-state index contributed by atoms with van der Waals surface area (Å²) < 4.78 is -1.43. The van der Waals surface area contributed by atoms with Crippen molar-refractivity contribution in [3.8, 4) is 0 Å². The molecular weight excluding hydrogens is 1040 g/mol. The molecule has 0 aliphatic rings. The van der Waals surface area contributed by atoms with Crippen LogP contribution in [0.2, 0.25) is 0 Å². The Morgan fingerprint density at radius 1 is 0.378 bits per heavy atom. The fourth-order valence-corrected chi connectivity index (χ4v) is 6.81. The topological polar surface area (TPSA) is 80.3 Å². The van der Waals surface area contributed by atoms with Gasteiger partial charge in [-0.15, -0.1) is 0 Å². The van der Waals surface area contributed by atoms with E-state index < -0.39 is 14.8 Å². The van der Waals surface area contributed by atoms with Crippen molar-refractivity contribution in [2.45, 2.75) is 209 Å². The number of carbonyl (C=O) groups is 2. The van der Waals surface area contributed by atoms with E-state index in [0.29, 0.717) is 12.8 Å². The number of carboxylic acid groups (broad SMARTS) is 2. The van der Waals surface area contributed by atoms with Crippen molar-refractivity contribution < 1.29 is 19.8 Å². The van der Waals surface area contributed by atoms with Gasteiger partial charge in [-0.2, -0.15) is 0 Å². The van der Waals surface area contributed by atoms with Crippen LogP contribution in [0.3, 0.4) is 0 Å². The van der Waals surface area contributed by atoms with Crippen molar-refractivity contribution >= 4 is 140 Å². The zero-order valence-electron chi connectivity index (χ0n) is 29.1. The van der Waals surface area contributed by atoms with Gasteiger partial charge in [0, 0.05) is 0 Å². The number of unbranched alkanes of at least 4 members (excludes halogenated alkanes) is 26. The first-order valence-corrected chi connectivity index (χ1v) is 22.5. The fourth-order valence-electron chi connectivity index (χ4n) is 5.29. The maximum absolute atomic E-state index is 10.9. The van der Waals surface area contributed by atoms with E-state index >= 15 is 0 Å². The van der Waals surface area contributed by atoms with E-state index in [4.69, 9.17) is 0 Å². The summed E-state index contributed by atoms with van der Waals surface area (Å²) in [5.41, 5.74) is 0. The van der Waals surface area contributed by atoms with Gasteiger partial charge in [0.05, 0.1) is 11.9 Å². The molecule has 0 aliphatic carbocycles.